The molecule has 0 saturated carbocycles. The molecule has 2 N–H and O–H groups in total. The predicted molar refractivity (Wildman–Crippen MR) is 68.6 cm³/mol. The van der Waals surface area contributed by atoms with Crippen LogP contribution >= 0.6 is 0 Å². The van der Waals surface area contributed by atoms with Gasteiger partial charge in [0.25, 0.3) is 5.91 Å². The van der Waals surface area contributed by atoms with E-state index in [0.29, 0.717) is 24.6 Å². The third-order valence-electron chi connectivity index (χ3n) is 2.47. The maximum absolute atomic E-state index is 11.7. The highest BCUT2D eigenvalue weighted by Gasteiger charge is 2.06. The Morgan fingerprint density at radius 3 is 2.89 bits per heavy atom. The van der Waals surface area contributed by atoms with Gasteiger partial charge in [0.2, 0.25) is 0 Å². The third kappa shape index (κ3) is 3.73. The Morgan fingerprint density at radius 1 is 1.37 bits per heavy atom. The number of hydrogen-bond acceptors (Lipinski definition) is 6. The zero-order chi connectivity index (χ0) is 13.5. The standard InChI is InChI=1S/C11H15N7O/c1-12-10-4-3-9(15-16-10)11(19)13-5-2-7-18-8-6-14-17-18/h3-4,6,8H,2,5,7H2,1H3,(H,12,16)(H,13,19). The molecule has 0 aromatic carbocycles. The molecule has 0 radical (unpaired) electrons. The molecule has 0 spiro atoms. The van der Waals surface area contributed by atoms with Crippen molar-refractivity contribution < 1.29 is 4.79 Å². The van der Waals surface area contributed by atoms with Crippen LogP contribution in [0.25, 0.3) is 0 Å². The van der Waals surface area contributed by atoms with Crippen LogP contribution in [-0.4, -0.2) is 44.7 Å². The van der Waals surface area contributed by atoms with Crippen molar-refractivity contribution in [2.45, 2.75) is 13.0 Å². The molecule has 0 atom stereocenters. The highest BCUT2D eigenvalue weighted by Crippen LogP contribution is 2.00. The molecule has 19 heavy (non-hydrogen) atoms. The van der Waals surface area contributed by atoms with Gasteiger partial charge in [-0.15, -0.1) is 15.3 Å². The zero-order valence-electron chi connectivity index (χ0n) is 10.6. The fourth-order valence-electron chi connectivity index (χ4n) is 1.47. The van der Waals surface area contributed by atoms with E-state index in [1.165, 1.54) is 0 Å². The number of carbonyl (C=O) groups excluding carboxylic acids is 1. The Balaban J connectivity index is 1.74. The number of carbonyl (C=O) groups is 1. The summed E-state index contributed by atoms with van der Waals surface area (Å²) in [7, 11) is 1.74. The van der Waals surface area contributed by atoms with Crippen molar-refractivity contribution in [3.05, 3.63) is 30.2 Å². The van der Waals surface area contributed by atoms with Gasteiger partial charge in [-0.25, -0.2) is 0 Å². The van der Waals surface area contributed by atoms with E-state index in [1.54, 1.807) is 36.3 Å². The van der Waals surface area contributed by atoms with Gasteiger partial charge in [-0.1, -0.05) is 5.21 Å². The molecule has 2 heterocycles. The van der Waals surface area contributed by atoms with Crippen molar-refractivity contribution >= 4 is 11.7 Å². The van der Waals surface area contributed by atoms with Gasteiger partial charge in [-0.2, -0.15) is 0 Å². The van der Waals surface area contributed by atoms with Gasteiger partial charge in [0.15, 0.2) is 5.69 Å². The normalized spacial score (nSPS) is 10.2. The lowest BCUT2D eigenvalue weighted by Gasteiger charge is -2.04. The molecule has 8 nitrogen and oxygen atoms in total. The average Bonchev–Trinajstić information content (AvgIpc) is 2.96. The van der Waals surface area contributed by atoms with E-state index in [0.717, 1.165) is 6.42 Å². The quantitative estimate of drug-likeness (QED) is 0.706. The molecule has 2 rings (SSSR count). The number of hydrogen-bond donors (Lipinski definition) is 2. The number of anilines is 1. The summed E-state index contributed by atoms with van der Waals surface area (Å²) in [6.07, 6.45) is 4.18. The molecule has 0 bridgehead atoms. The lowest BCUT2D eigenvalue weighted by Crippen LogP contribution is -2.26. The van der Waals surface area contributed by atoms with Crippen LogP contribution in [0.4, 0.5) is 5.82 Å². The van der Waals surface area contributed by atoms with Crippen molar-refractivity contribution in [2.24, 2.45) is 0 Å². The molecular weight excluding hydrogens is 246 g/mol. The smallest absolute Gasteiger partial charge is 0.271 e. The number of nitrogens with one attached hydrogen (secondary N) is 2. The largest absolute Gasteiger partial charge is 0.372 e. The Hall–Kier alpha value is -2.51. The minimum Gasteiger partial charge on any atom is -0.372 e. The lowest BCUT2D eigenvalue weighted by atomic mass is 10.3. The van der Waals surface area contributed by atoms with Crippen LogP contribution in [0.2, 0.25) is 0 Å². The molecule has 2 aromatic rings. The summed E-state index contributed by atoms with van der Waals surface area (Å²) in [5, 5.41) is 20.8. The Labute approximate surface area is 110 Å². The first-order chi connectivity index (χ1) is 9.29. The summed E-state index contributed by atoms with van der Waals surface area (Å²) >= 11 is 0. The Bertz CT molecular complexity index is 508. The number of amides is 1. The molecule has 8 heteroatoms. The van der Waals surface area contributed by atoms with E-state index in [9.17, 15) is 4.79 Å². The lowest BCUT2D eigenvalue weighted by molar-refractivity contribution is 0.0946. The van der Waals surface area contributed by atoms with E-state index in [1.807, 2.05) is 0 Å². The zero-order valence-corrected chi connectivity index (χ0v) is 10.6. The second-order valence-corrected chi connectivity index (χ2v) is 3.83. The molecular formula is C11H15N7O. The Morgan fingerprint density at radius 2 is 2.26 bits per heavy atom. The van der Waals surface area contributed by atoms with Crippen LogP contribution in [0.3, 0.4) is 0 Å². The van der Waals surface area contributed by atoms with Crippen molar-refractivity contribution in [1.82, 2.24) is 30.5 Å². The molecule has 100 valence electrons. The number of aryl methyl sites for hydroxylation is 1. The summed E-state index contributed by atoms with van der Waals surface area (Å²) in [5.74, 6) is 0.400. The summed E-state index contributed by atoms with van der Waals surface area (Å²) in [6.45, 7) is 1.26. The van der Waals surface area contributed by atoms with Gasteiger partial charge >= 0.3 is 0 Å². The van der Waals surface area contributed by atoms with Crippen molar-refractivity contribution in [3.8, 4) is 0 Å². The maximum atomic E-state index is 11.7. The van der Waals surface area contributed by atoms with E-state index < -0.39 is 0 Å². The first-order valence-electron chi connectivity index (χ1n) is 5.93. The first-order valence-corrected chi connectivity index (χ1v) is 5.93. The van der Waals surface area contributed by atoms with E-state index in [-0.39, 0.29) is 5.91 Å². The van der Waals surface area contributed by atoms with E-state index in [4.69, 9.17) is 0 Å². The molecule has 0 unspecified atom stereocenters. The maximum Gasteiger partial charge on any atom is 0.271 e. The van der Waals surface area contributed by atoms with Crippen LogP contribution < -0.4 is 10.6 Å². The topological polar surface area (TPSA) is 97.6 Å². The van der Waals surface area contributed by atoms with E-state index >= 15 is 0 Å². The van der Waals surface area contributed by atoms with Crippen LogP contribution in [0.1, 0.15) is 16.9 Å². The fourth-order valence-corrected chi connectivity index (χ4v) is 1.47. The second-order valence-electron chi connectivity index (χ2n) is 3.83. The minimum absolute atomic E-state index is 0.228. The molecule has 0 aliphatic rings. The summed E-state index contributed by atoms with van der Waals surface area (Å²) in [5.41, 5.74) is 0.305. The highest BCUT2D eigenvalue weighted by molar-refractivity contribution is 5.92. The Kier molecular flexibility index (Phi) is 4.38. The number of rotatable bonds is 6. The highest BCUT2D eigenvalue weighted by atomic mass is 16.1. The van der Waals surface area contributed by atoms with E-state index in [2.05, 4.69) is 31.1 Å². The van der Waals surface area contributed by atoms with Crippen LogP contribution in [0.5, 0.6) is 0 Å². The first kappa shape index (κ1) is 12.9. The second kappa shape index (κ2) is 6.43. The van der Waals surface area contributed by atoms with Gasteiger partial charge in [0.05, 0.1) is 6.20 Å². The molecule has 1 amide bonds. The molecule has 0 aliphatic heterocycles. The summed E-state index contributed by atoms with van der Waals surface area (Å²) < 4.78 is 1.72. The van der Waals surface area contributed by atoms with Crippen molar-refractivity contribution in [3.63, 3.8) is 0 Å². The third-order valence-corrected chi connectivity index (χ3v) is 2.47. The van der Waals surface area contributed by atoms with Crippen LogP contribution in [0.15, 0.2) is 24.5 Å². The number of aromatic nitrogens is 5. The van der Waals surface area contributed by atoms with Gasteiger partial charge < -0.3 is 10.6 Å². The summed E-state index contributed by atoms with van der Waals surface area (Å²) in [4.78, 5) is 11.7. The van der Waals surface area contributed by atoms with Gasteiger partial charge in [-0.05, 0) is 18.6 Å². The predicted octanol–water partition coefficient (Wildman–Crippen LogP) is -0.0701. The van der Waals surface area contributed by atoms with Gasteiger partial charge in [0.1, 0.15) is 5.82 Å². The molecule has 2 aromatic heterocycles. The van der Waals surface area contributed by atoms with Crippen LogP contribution in [-0.2, 0) is 6.54 Å². The monoisotopic (exact) mass is 261 g/mol. The van der Waals surface area contributed by atoms with Crippen molar-refractivity contribution in [2.75, 3.05) is 18.9 Å². The fraction of sp³-hybridized carbons (Fsp3) is 0.364. The van der Waals surface area contributed by atoms with Gasteiger partial charge in [0, 0.05) is 26.3 Å². The molecule has 0 saturated heterocycles. The summed E-state index contributed by atoms with van der Waals surface area (Å²) in [6, 6.07) is 3.34. The van der Waals surface area contributed by atoms with Crippen molar-refractivity contribution in [1.29, 1.82) is 0 Å². The average molecular weight is 261 g/mol. The SMILES string of the molecule is CNc1ccc(C(=O)NCCCn2ccnn2)nn1. The molecule has 0 fully saturated rings. The minimum atomic E-state index is -0.228. The van der Waals surface area contributed by atoms with Crippen LogP contribution in [0, 0.1) is 0 Å². The molecule has 0 aliphatic carbocycles. The van der Waals surface area contributed by atoms with Gasteiger partial charge in [-0.3, -0.25) is 9.48 Å². The number of nitrogens with zero attached hydrogens (tertiary/aromatic N) is 5.